The number of carbonyl (C=O) groups is 1. The number of benzene rings is 1. The van der Waals surface area contributed by atoms with E-state index in [4.69, 9.17) is 0 Å². The van der Waals surface area contributed by atoms with Crippen molar-refractivity contribution < 1.29 is 9.90 Å². The molecule has 1 aliphatic heterocycles. The van der Waals surface area contributed by atoms with E-state index in [0.717, 1.165) is 31.2 Å². The molecule has 1 spiro atoms. The first-order valence-electron chi connectivity index (χ1n) is 7.67. The fourth-order valence-corrected chi connectivity index (χ4v) is 3.71. The average molecular weight is 273 g/mol. The van der Waals surface area contributed by atoms with Crippen molar-refractivity contribution in [3.63, 3.8) is 0 Å². The van der Waals surface area contributed by atoms with Crippen LogP contribution in [0.2, 0.25) is 0 Å². The van der Waals surface area contributed by atoms with E-state index in [1.807, 2.05) is 24.3 Å². The monoisotopic (exact) mass is 273 g/mol. The number of hydrogen-bond acceptors (Lipinski definition) is 3. The van der Waals surface area contributed by atoms with Crippen LogP contribution in [-0.4, -0.2) is 34.6 Å². The molecule has 1 unspecified atom stereocenters. The summed E-state index contributed by atoms with van der Waals surface area (Å²) in [4.78, 5) is 12.9. The zero-order valence-electron chi connectivity index (χ0n) is 12.1. The number of nitrogens with zero attached hydrogens (tertiary/aromatic N) is 1. The second-order valence-corrected chi connectivity index (χ2v) is 6.38. The average Bonchev–Trinajstić information content (AvgIpc) is 3.02. The van der Waals surface area contributed by atoms with E-state index in [1.165, 1.54) is 24.8 Å². The summed E-state index contributed by atoms with van der Waals surface area (Å²) in [5, 5.41) is 10.3. The highest BCUT2D eigenvalue weighted by Crippen LogP contribution is 2.50. The maximum atomic E-state index is 10.7. The van der Waals surface area contributed by atoms with Crippen LogP contribution in [0.3, 0.4) is 0 Å². The van der Waals surface area contributed by atoms with E-state index in [9.17, 15) is 9.90 Å². The van der Waals surface area contributed by atoms with Gasteiger partial charge in [-0.2, -0.15) is 0 Å². The molecular formula is C17H23NO2. The minimum Gasteiger partial charge on any atom is -0.376 e. The van der Waals surface area contributed by atoms with Gasteiger partial charge in [-0.05, 0) is 24.3 Å². The summed E-state index contributed by atoms with van der Waals surface area (Å²) in [7, 11) is 0. The van der Waals surface area contributed by atoms with Gasteiger partial charge in [0.1, 0.15) is 12.5 Å². The molecule has 2 aliphatic rings. The molecule has 0 amide bonds. The van der Waals surface area contributed by atoms with Gasteiger partial charge in [0.25, 0.3) is 0 Å². The van der Waals surface area contributed by atoms with Crippen LogP contribution < -0.4 is 0 Å². The van der Waals surface area contributed by atoms with E-state index in [1.54, 1.807) is 0 Å². The Kier molecular flexibility index (Phi) is 3.65. The standard InChI is InChI=1S/C17H23NO2/c1-13(15-7-5-14(12-19)6-8-15)11-18-16(20)17(18)9-3-2-4-10-17/h5-8,12-13,16,20H,2-4,9-11H2,1H3/t13-,16+,18?/m0/s1. The molecule has 0 radical (unpaired) electrons. The largest absolute Gasteiger partial charge is 0.376 e. The highest BCUT2D eigenvalue weighted by Gasteiger charge is 2.61. The van der Waals surface area contributed by atoms with E-state index in [2.05, 4.69) is 11.8 Å². The van der Waals surface area contributed by atoms with Gasteiger partial charge in [0.05, 0.1) is 5.54 Å². The van der Waals surface area contributed by atoms with Crippen molar-refractivity contribution in [2.24, 2.45) is 0 Å². The van der Waals surface area contributed by atoms with Crippen LogP contribution in [0, 0.1) is 0 Å². The number of rotatable bonds is 4. The number of aliphatic hydroxyl groups excluding tert-OH is 1. The summed E-state index contributed by atoms with van der Waals surface area (Å²) in [6, 6.07) is 7.79. The summed E-state index contributed by atoms with van der Waals surface area (Å²) < 4.78 is 0. The number of hydrogen-bond donors (Lipinski definition) is 1. The first kappa shape index (κ1) is 13.8. The van der Waals surface area contributed by atoms with Crippen molar-refractivity contribution in [3.05, 3.63) is 35.4 Å². The fraction of sp³-hybridized carbons (Fsp3) is 0.588. The van der Waals surface area contributed by atoms with Crippen LogP contribution in [0.25, 0.3) is 0 Å². The predicted octanol–water partition coefficient (Wildman–Crippen LogP) is 2.94. The Morgan fingerprint density at radius 1 is 1.30 bits per heavy atom. The number of aliphatic hydroxyl groups is 1. The van der Waals surface area contributed by atoms with Gasteiger partial charge in [-0.3, -0.25) is 9.69 Å². The van der Waals surface area contributed by atoms with Crippen molar-refractivity contribution in [1.82, 2.24) is 4.90 Å². The lowest BCUT2D eigenvalue weighted by atomic mass is 9.88. The van der Waals surface area contributed by atoms with Gasteiger partial charge >= 0.3 is 0 Å². The Bertz CT molecular complexity index is 476. The third kappa shape index (κ3) is 2.29. The highest BCUT2D eigenvalue weighted by molar-refractivity contribution is 5.74. The lowest BCUT2D eigenvalue weighted by Gasteiger charge is -2.23. The topological polar surface area (TPSA) is 40.3 Å². The van der Waals surface area contributed by atoms with Gasteiger partial charge in [0, 0.05) is 12.1 Å². The zero-order valence-corrected chi connectivity index (χ0v) is 12.1. The first-order valence-corrected chi connectivity index (χ1v) is 7.67. The molecule has 0 bridgehead atoms. The Morgan fingerprint density at radius 2 is 1.95 bits per heavy atom. The Hall–Kier alpha value is -1.19. The maximum Gasteiger partial charge on any atom is 0.150 e. The maximum absolute atomic E-state index is 10.7. The molecule has 1 aromatic rings. The van der Waals surface area contributed by atoms with Crippen LogP contribution >= 0.6 is 0 Å². The molecule has 1 N–H and O–H groups in total. The third-order valence-corrected chi connectivity index (χ3v) is 5.11. The first-order chi connectivity index (χ1) is 9.67. The molecule has 20 heavy (non-hydrogen) atoms. The van der Waals surface area contributed by atoms with E-state index < -0.39 is 0 Å². The van der Waals surface area contributed by atoms with Crippen LogP contribution in [0.1, 0.15) is 60.9 Å². The number of carbonyl (C=O) groups excluding carboxylic acids is 1. The molecule has 1 saturated carbocycles. The summed E-state index contributed by atoms with van der Waals surface area (Å²) in [6.45, 7) is 3.10. The summed E-state index contributed by atoms with van der Waals surface area (Å²) in [6.07, 6.45) is 6.73. The molecule has 2 fully saturated rings. The summed E-state index contributed by atoms with van der Waals surface area (Å²) in [5.41, 5.74) is 2.05. The minimum absolute atomic E-state index is 0.0925. The van der Waals surface area contributed by atoms with Crippen molar-refractivity contribution in [1.29, 1.82) is 0 Å². The van der Waals surface area contributed by atoms with E-state index >= 15 is 0 Å². The van der Waals surface area contributed by atoms with E-state index in [-0.39, 0.29) is 11.8 Å². The normalized spacial score (nSPS) is 29.1. The number of aldehydes is 1. The van der Waals surface area contributed by atoms with Crippen molar-refractivity contribution >= 4 is 6.29 Å². The SMILES string of the molecule is C[C@@H](CN1[C@H](O)C12CCCCC2)c1ccc(C=O)cc1. The second-order valence-electron chi connectivity index (χ2n) is 6.38. The van der Waals surface area contributed by atoms with Gasteiger partial charge in [-0.15, -0.1) is 0 Å². The second kappa shape index (κ2) is 5.30. The van der Waals surface area contributed by atoms with Crippen molar-refractivity contribution in [2.45, 2.75) is 56.7 Å². The third-order valence-electron chi connectivity index (χ3n) is 5.11. The molecule has 1 aromatic carbocycles. The van der Waals surface area contributed by atoms with Gasteiger partial charge < -0.3 is 5.11 Å². The molecule has 1 heterocycles. The molecule has 3 rings (SSSR count). The zero-order chi connectivity index (χ0) is 14.2. The minimum atomic E-state index is -0.237. The van der Waals surface area contributed by atoms with Crippen LogP contribution in [0.4, 0.5) is 0 Å². The van der Waals surface area contributed by atoms with Gasteiger partial charge in [0.15, 0.2) is 0 Å². The molecule has 3 nitrogen and oxygen atoms in total. The molecule has 3 heteroatoms. The Balaban J connectivity index is 1.64. The summed E-state index contributed by atoms with van der Waals surface area (Å²) >= 11 is 0. The quantitative estimate of drug-likeness (QED) is 0.677. The van der Waals surface area contributed by atoms with Gasteiger partial charge in [-0.25, -0.2) is 0 Å². The lowest BCUT2D eigenvalue weighted by molar-refractivity contribution is 0.112. The van der Waals surface area contributed by atoms with Gasteiger partial charge in [-0.1, -0.05) is 50.5 Å². The van der Waals surface area contributed by atoms with Gasteiger partial charge in [0.2, 0.25) is 0 Å². The highest BCUT2D eigenvalue weighted by atomic mass is 16.3. The Morgan fingerprint density at radius 3 is 2.55 bits per heavy atom. The molecular weight excluding hydrogens is 250 g/mol. The molecule has 0 aromatic heterocycles. The van der Waals surface area contributed by atoms with Crippen molar-refractivity contribution in [3.8, 4) is 0 Å². The van der Waals surface area contributed by atoms with Crippen molar-refractivity contribution in [2.75, 3.05) is 6.54 Å². The van der Waals surface area contributed by atoms with E-state index in [0.29, 0.717) is 5.92 Å². The molecule has 3 atom stereocenters. The van der Waals surface area contributed by atoms with Crippen LogP contribution in [0.15, 0.2) is 24.3 Å². The molecule has 1 saturated heterocycles. The van der Waals surface area contributed by atoms with Crippen LogP contribution in [0.5, 0.6) is 0 Å². The molecule has 1 aliphatic carbocycles. The molecule has 108 valence electrons. The smallest absolute Gasteiger partial charge is 0.150 e. The predicted molar refractivity (Wildman–Crippen MR) is 78.8 cm³/mol. The lowest BCUT2D eigenvalue weighted by Crippen LogP contribution is -2.24. The summed E-state index contributed by atoms with van der Waals surface area (Å²) in [5.74, 6) is 0.381. The fourth-order valence-electron chi connectivity index (χ4n) is 3.71. The van der Waals surface area contributed by atoms with Crippen LogP contribution in [-0.2, 0) is 0 Å². The Labute approximate surface area is 120 Å².